The van der Waals surface area contributed by atoms with E-state index in [1.807, 2.05) is 37.3 Å². The molecule has 0 N–H and O–H groups in total. The third-order valence-corrected chi connectivity index (χ3v) is 2.72. The number of rotatable bonds is 5. The number of aromatic nitrogens is 3. The second-order valence-corrected chi connectivity index (χ2v) is 3.88. The van der Waals surface area contributed by atoms with Gasteiger partial charge in [-0.15, -0.1) is 5.10 Å². The zero-order chi connectivity index (χ0) is 13.7. The molecule has 1 aromatic carbocycles. The van der Waals surface area contributed by atoms with Gasteiger partial charge in [-0.2, -0.15) is 5.26 Å². The highest BCUT2D eigenvalue weighted by molar-refractivity contribution is 5.31. The zero-order valence-corrected chi connectivity index (χ0v) is 10.8. The molecular formula is C13H14N4O2. The van der Waals surface area contributed by atoms with Crippen molar-refractivity contribution in [3.63, 3.8) is 0 Å². The SMILES string of the molecule is COc1ccc(OCCn2nnc(C#N)c2C)cc1. The first-order valence-electron chi connectivity index (χ1n) is 5.81. The van der Waals surface area contributed by atoms with E-state index >= 15 is 0 Å². The average Bonchev–Trinajstić information content (AvgIpc) is 2.80. The Kier molecular flexibility index (Phi) is 3.98. The summed E-state index contributed by atoms with van der Waals surface area (Å²) < 4.78 is 12.3. The summed E-state index contributed by atoms with van der Waals surface area (Å²) in [6, 6.07) is 9.34. The van der Waals surface area contributed by atoms with E-state index in [0.717, 1.165) is 17.2 Å². The molecule has 1 aromatic heterocycles. The second-order valence-electron chi connectivity index (χ2n) is 3.88. The van der Waals surface area contributed by atoms with Gasteiger partial charge in [-0.05, 0) is 31.2 Å². The fourth-order valence-corrected chi connectivity index (χ4v) is 1.60. The predicted octanol–water partition coefficient (Wildman–Crippen LogP) is 1.55. The van der Waals surface area contributed by atoms with Crippen LogP contribution in [0.2, 0.25) is 0 Å². The van der Waals surface area contributed by atoms with Crippen molar-refractivity contribution in [1.82, 2.24) is 15.0 Å². The fraction of sp³-hybridized carbons (Fsp3) is 0.308. The highest BCUT2D eigenvalue weighted by Crippen LogP contribution is 2.16. The van der Waals surface area contributed by atoms with Crippen LogP contribution >= 0.6 is 0 Å². The van der Waals surface area contributed by atoms with Crippen molar-refractivity contribution in [2.45, 2.75) is 13.5 Å². The molecule has 19 heavy (non-hydrogen) atoms. The van der Waals surface area contributed by atoms with Gasteiger partial charge in [0.15, 0.2) is 5.69 Å². The lowest BCUT2D eigenvalue weighted by atomic mass is 10.3. The van der Waals surface area contributed by atoms with Gasteiger partial charge in [0.1, 0.15) is 24.2 Å². The van der Waals surface area contributed by atoms with Crippen LogP contribution in [0.3, 0.4) is 0 Å². The third kappa shape index (κ3) is 3.01. The molecule has 0 aliphatic rings. The van der Waals surface area contributed by atoms with Gasteiger partial charge in [0.25, 0.3) is 0 Å². The van der Waals surface area contributed by atoms with Crippen molar-refractivity contribution in [3.8, 4) is 17.6 Å². The van der Waals surface area contributed by atoms with Gasteiger partial charge in [-0.25, -0.2) is 4.68 Å². The molecule has 0 saturated carbocycles. The lowest BCUT2D eigenvalue weighted by Gasteiger charge is -2.07. The molecule has 6 heteroatoms. The van der Waals surface area contributed by atoms with Crippen LogP contribution in [0.25, 0.3) is 0 Å². The summed E-state index contributed by atoms with van der Waals surface area (Å²) in [5, 5.41) is 16.4. The van der Waals surface area contributed by atoms with E-state index in [9.17, 15) is 0 Å². The molecule has 0 spiro atoms. The van der Waals surface area contributed by atoms with E-state index in [1.165, 1.54) is 0 Å². The molecule has 1 heterocycles. The van der Waals surface area contributed by atoms with Gasteiger partial charge >= 0.3 is 0 Å². The van der Waals surface area contributed by atoms with E-state index in [1.54, 1.807) is 11.8 Å². The summed E-state index contributed by atoms with van der Waals surface area (Å²) >= 11 is 0. The number of hydrogen-bond donors (Lipinski definition) is 0. The molecule has 0 saturated heterocycles. The lowest BCUT2D eigenvalue weighted by molar-refractivity contribution is 0.287. The van der Waals surface area contributed by atoms with E-state index < -0.39 is 0 Å². The minimum Gasteiger partial charge on any atom is -0.497 e. The Balaban J connectivity index is 1.89. The molecule has 0 amide bonds. The molecule has 6 nitrogen and oxygen atoms in total. The number of benzene rings is 1. The summed E-state index contributed by atoms with van der Waals surface area (Å²) in [7, 11) is 1.62. The van der Waals surface area contributed by atoms with E-state index in [-0.39, 0.29) is 0 Å². The van der Waals surface area contributed by atoms with Gasteiger partial charge in [-0.3, -0.25) is 0 Å². The van der Waals surface area contributed by atoms with Gasteiger partial charge < -0.3 is 9.47 Å². The Morgan fingerprint density at radius 2 is 1.95 bits per heavy atom. The molecule has 2 rings (SSSR count). The van der Waals surface area contributed by atoms with Crippen LogP contribution in [-0.2, 0) is 6.54 Å². The first-order chi connectivity index (χ1) is 9.24. The molecule has 0 unspecified atom stereocenters. The zero-order valence-electron chi connectivity index (χ0n) is 10.8. The predicted molar refractivity (Wildman–Crippen MR) is 68.0 cm³/mol. The number of methoxy groups -OCH3 is 1. The van der Waals surface area contributed by atoms with Crippen molar-refractivity contribution in [1.29, 1.82) is 5.26 Å². The summed E-state index contributed by atoms with van der Waals surface area (Å²) in [5.74, 6) is 1.55. The maximum Gasteiger partial charge on any atom is 0.185 e. The summed E-state index contributed by atoms with van der Waals surface area (Å²) in [6.07, 6.45) is 0. The minimum absolute atomic E-state index is 0.351. The molecule has 2 aromatic rings. The second kappa shape index (κ2) is 5.87. The topological polar surface area (TPSA) is 73.0 Å². The molecule has 0 bridgehead atoms. The normalized spacial score (nSPS) is 9.95. The number of ether oxygens (including phenoxy) is 2. The molecular weight excluding hydrogens is 244 g/mol. The van der Waals surface area contributed by atoms with Crippen LogP contribution in [0.15, 0.2) is 24.3 Å². The van der Waals surface area contributed by atoms with E-state index in [4.69, 9.17) is 14.7 Å². The minimum atomic E-state index is 0.351. The summed E-state index contributed by atoms with van der Waals surface area (Å²) in [5.41, 5.74) is 1.10. The standard InChI is InChI=1S/C13H14N4O2/c1-10-13(9-14)15-16-17(10)7-8-19-12-5-3-11(18-2)4-6-12/h3-6H,7-8H2,1-2H3. The van der Waals surface area contributed by atoms with Gasteiger partial charge in [0.05, 0.1) is 19.3 Å². The van der Waals surface area contributed by atoms with E-state index in [0.29, 0.717) is 18.8 Å². The first kappa shape index (κ1) is 12.9. The molecule has 98 valence electrons. The van der Waals surface area contributed by atoms with Crippen LogP contribution in [-0.4, -0.2) is 28.7 Å². The highest BCUT2D eigenvalue weighted by atomic mass is 16.5. The molecule has 0 aliphatic carbocycles. The molecule has 0 radical (unpaired) electrons. The Hall–Kier alpha value is -2.55. The summed E-state index contributed by atoms with van der Waals surface area (Å²) in [4.78, 5) is 0. The third-order valence-electron chi connectivity index (χ3n) is 2.72. The molecule has 0 fully saturated rings. The maximum atomic E-state index is 8.78. The Bertz CT molecular complexity index is 584. The van der Waals surface area contributed by atoms with Gasteiger partial charge in [0.2, 0.25) is 0 Å². The van der Waals surface area contributed by atoms with Crippen molar-refractivity contribution < 1.29 is 9.47 Å². The van der Waals surface area contributed by atoms with Crippen molar-refractivity contribution >= 4 is 0 Å². The average molecular weight is 258 g/mol. The lowest BCUT2D eigenvalue weighted by Crippen LogP contribution is -2.11. The maximum absolute atomic E-state index is 8.78. The van der Waals surface area contributed by atoms with Crippen LogP contribution < -0.4 is 9.47 Å². The van der Waals surface area contributed by atoms with E-state index in [2.05, 4.69) is 10.3 Å². The van der Waals surface area contributed by atoms with Crippen LogP contribution in [0.5, 0.6) is 11.5 Å². The van der Waals surface area contributed by atoms with Gasteiger partial charge in [-0.1, -0.05) is 5.21 Å². The monoisotopic (exact) mass is 258 g/mol. The summed E-state index contributed by atoms with van der Waals surface area (Å²) in [6.45, 7) is 2.82. The first-order valence-corrected chi connectivity index (χ1v) is 5.81. The van der Waals surface area contributed by atoms with Crippen molar-refractivity contribution in [3.05, 3.63) is 35.7 Å². The number of nitrogens with zero attached hydrogens (tertiary/aromatic N) is 4. The molecule has 0 atom stereocenters. The number of nitriles is 1. The van der Waals surface area contributed by atoms with Crippen LogP contribution in [0.4, 0.5) is 0 Å². The van der Waals surface area contributed by atoms with Crippen LogP contribution in [0.1, 0.15) is 11.4 Å². The molecule has 0 aliphatic heterocycles. The Morgan fingerprint density at radius 3 is 2.53 bits per heavy atom. The van der Waals surface area contributed by atoms with Crippen molar-refractivity contribution in [2.24, 2.45) is 0 Å². The fourth-order valence-electron chi connectivity index (χ4n) is 1.60. The smallest absolute Gasteiger partial charge is 0.185 e. The van der Waals surface area contributed by atoms with Gasteiger partial charge in [0, 0.05) is 0 Å². The highest BCUT2D eigenvalue weighted by Gasteiger charge is 2.07. The quantitative estimate of drug-likeness (QED) is 0.813. The Labute approximate surface area is 111 Å². The van der Waals surface area contributed by atoms with Crippen LogP contribution in [0, 0.1) is 18.3 Å². The Morgan fingerprint density at radius 1 is 1.26 bits per heavy atom. The largest absolute Gasteiger partial charge is 0.497 e. The van der Waals surface area contributed by atoms with Crippen molar-refractivity contribution in [2.75, 3.05) is 13.7 Å². The number of hydrogen-bond acceptors (Lipinski definition) is 5.